The average molecular weight is 497 g/mol. The molecule has 27 heavy (non-hydrogen) atoms. The molecule has 1 aromatic heterocycles. The van der Waals surface area contributed by atoms with Gasteiger partial charge < -0.3 is 15.2 Å². The minimum Gasteiger partial charge on any atom is -0.356 e. The minimum atomic E-state index is -4.17. The molecule has 2 rings (SSSR count). The highest BCUT2D eigenvalue weighted by atomic mass is 127. The van der Waals surface area contributed by atoms with E-state index in [1.165, 1.54) is 22.9 Å². The van der Waals surface area contributed by atoms with E-state index in [0.717, 1.165) is 19.5 Å². The summed E-state index contributed by atoms with van der Waals surface area (Å²) in [4.78, 5) is 5.32. The minimum absolute atomic E-state index is 0. The first-order chi connectivity index (χ1) is 12.4. The number of benzene rings is 1. The van der Waals surface area contributed by atoms with Gasteiger partial charge in [0, 0.05) is 44.9 Å². The van der Waals surface area contributed by atoms with Crippen LogP contribution in [0.3, 0.4) is 0 Å². The third-order valence-corrected chi connectivity index (χ3v) is 4.01. The molecule has 0 aliphatic rings. The summed E-state index contributed by atoms with van der Waals surface area (Å²) in [5.74, 6) is 0.600. The number of aliphatic imine (C=N–C) groups is 1. The molecule has 1 aromatic carbocycles. The quantitative estimate of drug-likeness (QED) is 0.255. The van der Waals surface area contributed by atoms with E-state index in [1.807, 2.05) is 12.1 Å². The number of guanidine groups is 1. The number of halogens is 4. The van der Waals surface area contributed by atoms with E-state index in [0.29, 0.717) is 12.5 Å². The van der Waals surface area contributed by atoms with Crippen molar-refractivity contribution in [3.05, 3.63) is 36.5 Å². The number of aromatic nitrogens is 1. The van der Waals surface area contributed by atoms with Crippen LogP contribution >= 0.6 is 24.0 Å². The van der Waals surface area contributed by atoms with E-state index >= 15 is 0 Å². The van der Waals surface area contributed by atoms with Crippen LogP contribution in [0.25, 0.3) is 10.9 Å². The Labute approximate surface area is 175 Å². The summed E-state index contributed by atoms with van der Waals surface area (Å²) in [6.45, 7) is 1.38. The lowest BCUT2D eigenvalue weighted by Crippen LogP contribution is -2.42. The zero-order chi connectivity index (χ0) is 19.0. The van der Waals surface area contributed by atoms with Crippen LogP contribution in [0.1, 0.15) is 6.42 Å². The SMILES string of the molecule is CN=C(NCCCn1ccc2ccccc21)NCCN(C)CC(F)(F)F.I. The Bertz CT molecular complexity index is 714. The molecule has 1 heterocycles. The standard InChI is InChI=1S/C18H26F3N5.HI/c1-22-17(24-10-13-25(2)14-18(19,20)21)23-9-5-11-26-12-8-15-6-3-4-7-16(15)26;/h3-4,6-8,12H,5,9-11,13-14H2,1-2H3,(H2,22,23,24);1H. The second-order valence-electron chi connectivity index (χ2n) is 6.20. The van der Waals surface area contributed by atoms with Crippen molar-refractivity contribution in [3.8, 4) is 0 Å². The molecule has 0 aliphatic carbocycles. The lowest BCUT2D eigenvalue weighted by molar-refractivity contribution is -0.142. The van der Waals surface area contributed by atoms with Crippen molar-refractivity contribution in [3.63, 3.8) is 0 Å². The van der Waals surface area contributed by atoms with Gasteiger partial charge >= 0.3 is 6.18 Å². The average Bonchev–Trinajstić information content (AvgIpc) is 2.98. The fraction of sp³-hybridized carbons (Fsp3) is 0.500. The number of likely N-dealkylation sites (N-methyl/N-ethyl adjacent to an activating group) is 1. The second kappa shape index (κ2) is 11.4. The fourth-order valence-electron chi connectivity index (χ4n) is 2.76. The molecule has 0 radical (unpaired) electrons. The first kappa shape index (κ1) is 23.5. The van der Waals surface area contributed by atoms with E-state index in [1.54, 1.807) is 7.05 Å². The summed E-state index contributed by atoms with van der Waals surface area (Å²) in [7, 11) is 3.10. The van der Waals surface area contributed by atoms with Gasteiger partial charge in [-0.25, -0.2) is 0 Å². The number of aryl methyl sites for hydroxylation is 1. The zero-order valence-electron chi connectivity index (χ0n) is 15.6. The lowest BCUT2D eigenvalue weighted by Gasteiger charge is -2.19. The molecule has 0 bridgehead atoms. The van der Waals surface area contributed by atoms with Crippen LogP contribution < -0.4 is 10.6 Å². The topological polar surface area (TPSA) is 44.6 Å². The normalized spacial score (nSPS) is 12.3. The van der Waals surface area contributed by atoms with E-state index in [4.69, 9.17) is 0 Å². The van der Waals surface area contributed by atoms with Crippen LogP contribution in [-0.2, 0) is 6.54 Å². The number of para-hydroxylation sites is 1. The van der Waals surface area contributed by atoms with Gasteiger partial charge in [0.2, 0.25) is 0 Å². The number of alkyl halides is 3. The van der Waals surface area contributed by atoms with Gasteiger partial charge in [-0.15, -0.1) is 24.0 Å². The molecule has 0 amide bonds. The van der Waals surface area contributed by atoms with Crippen molar-refractivity contribution in [2.45, 2.75) is 19.1 Å². The monoisotopic (exact) mass is 497 g/mol. The molecular weight excluding hydrogens is 470 g/mol. The van der Waals surface area contributed by atoms with Gasteiger partial charge in [-0.1, -0.05) is 18.2 Å². The molecule has 0 aliphatic heterocycles. The van der Waals surface area contributed by atoms with Crippen LogP contribution in [0.15, 0.2) is 41.5 Å². The molecule has 0 saturated heterocycles. The summed E-state index contributed by atoms with van der Waals surface area (Å²) in [6.07, 6.45) is -1.18. The molecule has 9 heteroatoms. The Balaban J connectivity index is 0.00000364. The van der Waals surface area contributed by atoms with E-state index < -0.39 is 12.7 Å². The Kier molecular flexibility index (Phi) is 9.92. The van der Waals surface area contributed by atoms with E-state index in [-0.39, 0.29) is 30.5 Å². The van der Waals surface area contributed by atoms with E-state index in [2.05, 4.69) is 44.6 Å². The Hall–Kier alpha value is -1.49. The van der Waals surface area contributed by atoms with Gasteiger partial charge in [0.1, 0.15) is 0 Å². The summed E-state index contributed by atoms with van der Waals surface area (Å²) >= 11 is 0. The highest BCUT2D eigenvalue weighted by molar-refractivity contribution is 14.0. The summed E-state index contributed by atoms with van der Waals surface area (Å²) < 4.78 is 39.0. The molecule has 5 nitrogen and oxygen atoms in total. The molecule has 152 valence electrons. The second-order valence-corrected chi connectivity index (χ2v) is 6.20. The molecule has 0 unspecified atom stereocenters. The highest BCUT2D eigenvalue weighted by Crippen LogP contribution is 2.15. The van der Waals surface area contributed by atoms with Crippen molar-refractivity contribution in [2.24, 2.45) is 4.99 Å². The first-order valence-electron chi connectivity index (χ1n) is 8.63. The van der Waals surface area contributed by atoms with Gasteiger partial charge in [-0.05, 0) is 31.0 Å². The van der Waals surface area contributed by atoms with Crippen molar-refractivity contribution >= 4 is 40.8 Å². The van der Waals surface area contributed by atoms with Crippen LogP contribution in [0, 0.1) is 0 Å². The van der Waals surface area contributed by atoms with Crippen molar-refractivity contribution < 1.29 is 13.2 Å². The summed E-state index contributed by atoms with van der Waals surface area (Å²) in [6, 6.07) is 10.3. The van der Waals surface area contributed by atoms with Crippen LogP contribution in [0.2, 0.25) is 0 Å². The molecule has 0 saturated carbocycles. The number of rotatable bonds is 8. The molecule has 0 spiro atoms. The Morgan fingerprint density at radius 1 is 1.15 bits per heavy atom. The number of hydrogen-bond donors (Lipinski definition) is 2. The Morgan fingerprint density at radius 3 is 2.56 bits per heavy atom. The number of nitrogens with zero attached hydrogens (tertiary/aromatic N) is 3. The van der Waals surface area contributed by atoms with Crippen molar-refractivity contribution in [2.75, 3.05) is 40.3 Å². The molecule has 0 atom stereocenters. The maximum atomic E-state index is 12.3. The predicted octanol–water partition coefficient (Wildman–Crippen LogP) is 3.31. The third-order valence-electron chi connectivity index (χ3n) is 4.01. The van der Waals surface area contributed by atoms with Crippen molar-refractivity contribution in [1.29, 1.82) is 0 Å². The van der Waals surface area contributed by atoms with E-state index in [9.17, 15) is 13.2 Å². The number of hydrogen-bond acceptors (Lipinski definition) is 2. The van der Waals surface area contributed by atoms with Gasteiger partial charge in [0.25, 0.3) is 0 Å². The van der Waals surface area contributed by atoms with Crippen LogP contribution in [-0.4, -0.2) is 61.9 Å². The van der Waals surface area contributed by atoms with Gasteiger partial charge in [-0.2, -0.15) is 13.2 Å². The molecule has 0 fully saturated rings. The summed E-state index contributed by atoms with van der Waals surface area (Å²) in [5, 5.41) is 7.44. The highest BCUT2D eigenvalue weighted by Gasteiger charge is 2.28. The maximum absolute atomic E-state index is 12.3. The molecule has 2 aromatic rings. The van der Waals surface area contributed by atoms with Crippen LogP contribution in [0.5, 0.6) is 0 Å². The molecular formula is C18H27F3IN5. The predicted molar refractivity (Wildman–Crippen MR) is 115 cm³/mol. The number of nitrogens with one attached hydrogen (secondary N) is 2. The maximum Gasteiger partial charge on any atom is 0.401 e. The molecule has 2 N–H and O–H groups in total. The van der Waals surface area contributed by atoms with Gasteiger partial charge in [0.05, 0.1) is 6.54 Å². The van der Waals surface area contributed by atoms with Gasteiger partial charge in [-0.3, -0.25) is 9.89 Å². The largest absolute Gasteiger partial charge is 0.401 e. The third kappa shape index (κ3) is 8.37. The van der Waals surface area contributed by atoms with Crippen molar-refractivity contribution in [1.82, 2.24) is 20.1 Å². The fourth-order valence-corrected chi connectivity index (χ4v) is 2.76. The van der Waals surface area contributed by atoms with Crippen LogP contribution in [0.4, 0.5) is 13.2 Å². The summed E-state index contributed by atoms with van der Waals surface area (Å²) in [5.41, 5.74) is 1.21. The smallest absolute Gasteiger partial charge is 0.356 e. The zero-order valence-corrected chi connectivity index (χ0v) is 17.9. The lowest BCUT2D eigenvalue weighted by atomic mass is 10.2. The Morgan fingerprint density at radius 2 is 1.85 bits per heavy atom. The van der Waals surface area contributed by atoms with Gasteiger partial charge in [0.15, 0.2) is 5.96 Å². The first-order valence-corrected chi connectivity index (χ1v) is 8.63. The number of fused-ring (bicyclic) bond motifs is 1.